The molecular weight excluding hydrogens is 286 g/mol. The Hall–Kier alpha value is -2.55. The van der Waals surface area contributed by atoms with E-state index in [1.54, 1.807) is 6.07 Å². The van der Waals surface area contributed by atoms with Gasteiger partial charge in [-0.1, -0.05) is 30.3 Å². The summed E-state index contributed by atoms with van der Waals surface area (Å²) in [5.74, 6) is 0.623. The van der Waals surface area contributed by atoms with E-state index in [0.29, 0.717) is 12.4 Å². The Morgan fingerprint density at radius 1 is 1.04 bits per heavy atom. The van der Waals surface area contributed by atoms with Crippen LogP contribution in [0.15, 0.2) is 53.5 Å². The van der Waals surface area contributed by atoms with E-state index in [9.17, 15) is 4.79 Å². The third-order valence-electron chi connectivity index (χ3n) is 4.54. The standard InChI is InChI=1S/C20H19NO2/c22-19-11-16(23-13-14-6-2-1-3-7-14)10-18-20(19)17-9-5-4-8-15(17)12-21-18/h1-3,6-7,10-12,21H,4-5,8-9,13H2. The topological polar surface area (TPSA) is 42.1 Å². The Bertz CT molecular complexity index is 851. The fraction of sp³-hybridized carbons (Fsp3) is 0.250. The molecule has 2 aliphatic carbocycles. The van der Waals surface area contributed by atoms with E-state index in [2.05, 4.69) is 11.2 Å². The number of nitrogens with one attached hydrogen (secondary N) is 1. The van der Waals surface area contributed by atoms with Gasteiger partial charge in [0.2, 0.25) is 0 Å². The normalized spacial score (nSPS) is 13.7. The maximum absolute atomic E-state index is 12.6. The lowest BCUT2D eigenvalue weighted by Crippen LogP contribution is -2.15. The fourth-order valence-corrected chi connectivity index (χ4v) is 3.38. The summed E-state index contributed by atoms with van der Waals surface area (Å²) in [6.07, 6.45) is 6.49. The van der Waals surface area contributed by atoms with Crippen molar-refractivity contribution in [1.82, 2.24) is 4.98 Å². The molecule has 0 saturated heterocycles. The number of aryl methyl sites for hydroxylation is 1. The van der Waals surface area contributed by atoms with E-state index in [1.165, 1.54) is 17.5 Å². The molecule has 0 saturated carbocycles. The highest BCUT2D eigenvalue weighted by molar-refractivity contribution is 5.68. The molecule has 3 aliphatic rings. The summed E-state index contributed by atoms with van der Waals surface area (Å²) in [6.45, 7) is 0.469. The molecule has 1 aliphatic heterocycles. The van der Waals surface area contributed by atoms with Crippen molar-refractivity contribution in [3.8, 4) is 17.0 Å². The number of fused-ring (bicyclic) bond motifs is 3. The van der Waals surface area contributed by atoms with Crippen molar-refractivity contribution in [2.75, 3.05) is 0 Å². The van der Waals surface area contributed by atoms with Crippen LogP contribution in [0.25, 0.3) is 11.3 Å². The minimum absolute atomic E-state index is 0.0561. The molecule has 1 heterocycles. The van der Waals surface area contributed by atoms with Crippen LogP contribution in [0.4, 0.5) is 0 Å². The second-order valence-electron chi connectivity index (χ2n) is 6.12. The molecule has 0 amide bonds. The molecule has 0 radical (unpaired) electrons. The van der Waals surface area contributed by atoms with E-state index in [0.717, 1.165) is 36.1 Å². The SMILES string of the molecule is O=c1cc(OCc2ccccc2)cc2[nH]cc3c(c1-2)CCCC3. The predicted octanol–water partition coefficient (Wildman–Crippen LogP) is 3.94. The van der Waals surface area contributed by atoms with Gasteiger partial charge in [0.15, 0.2) is 5.43 Å². The minimum Gasteiger partial charge on any atom is -0.489 e. The van der Waals surface area contributed by atoms with Gasteiger partial charge < -0.3 is 9.72 Å². The van der Waals surface area contributed by atoms with Crippen molar-refractivity contribution in [3.05, 3.63) is 75.6 Å². The zero-order chi connectivity index (χ0) is 15.6. The molecule has 1 N–H and O–H groups in total. The first-order chi connectivity index (χ1) is 11.3. The van der Waals surface area contributed by atoms with Gasteiger partial charge in [0, 0.05) is 23.9 Å². The highest BCUT2D eigenvalue weighted by Crippen LogP contribution is 2.31. The quantitative estimate of drug-likeness (QED) is 0.796. The monoisotopic (exact) mass is 305 g/mol. The van der Waals surface area contributed by atoms with Crippen LogP contribution in [0.3, 0.4) is 0 Å². The molecular formula is C20H19NO2. The van der Waals surface area contributed by atoms with Crippen LogP contribution in [0.1, 0.15) is 29.5 Å². The Morgan fingerprint density at radius 3 is 2.74 bits per heavy atom. The smallest absolute Gasteiger partial charge is 0.191 e. The Morgan fingerprint density at radius 2 is 1.87 bits per heavy atom. The number of pyridine rings is 1. The number of benzene rings is 2. The van der Waals surface area contributed by atoms with Crippen LogP contribution >= 0.6 is 0 Å². The van der Waals surface area contributed by atoms with Crippen LogP contribution in [-0.4, -0.2) is 4.98 Å². The zero-order valence-corrected chi connectivity index (χ0v) is 13.0. The van der Waals surface area contributed by atoms with E-state index in [-0.39, 0.29) is 5.43 Å². The molecule has 116 valence electrons. The maximum atomic E-state index is 12.6. The Balaban J connectivity index is 1.68. The van der Waals surface area contributed by atoms with Crippen molar-refractivity contribution < 1.29 is 4.74 Å². The van der Waals surface area contributed by atoms with Gasteiger partial charge in [-0.2, -0.15) is 0 Å². The Labute approximate surface area is 135 Å². The number of ether oxygens (including phenoxy) is 1. The third kappa shape index (κ3) is 2.74. The molecule has 0 fully saturated rings. The maximum Gasteiger partial charge on any atom is 0.191 e. The van der Waals surface area contributed by atoms with E-state index >= 15 is 0 Å². The average Bonchev–Trinajstić information content (AvgIpc) is 2.60. The highest BCUT2D eigenvalue weighted by atomic mass is 16.5. The van der Waals surface area contributed by atoms with E-state index < -0.39 is 0 Å². The van der Waals surface area contributed by atoms with Gasteiger partial charge in [-0.25, -0.2) is 0 Å². The second-order valence-corrected chi connectivity index (χ2v) is 6.12. The van der Waals surface area contributed by atoms with Crippen LogP contribution in [0, 0.1) is 0 Å². The van der Waals surface area contributed by atoms with E-state index in [1.807, 2.05) is 36.4 Å². The van der Waals surface area contributed by atoms with Gasteiger partial charge in [-0.05, 0) is 42.4 Å². The molecule has 3 nitrogen and oxygen atoms in total. The lowest BCUT2D eigenvalue weighted by atomic mass is 9.87. The summed E-state index contributed by atoms with van der Waals surface area (Å²) in [5.41, 5.74) is 5.38. The molecule has 0 spiro atoms. The van der Waals surface area contributed by atoms with Gasteiger partial charge in [-0.15, -0.1) is 0 Å². The first-order valence-electron chi connectivity index (χ1n) is 8.15. The lowest BCUT2D eigenvalue weighted by molar-refractivity contribution is 0.306. The van der Waals surface area contributed by atoms with Gasteiger partial charge in [0.1, 0.15) is 12.4 Å². The van der Waals surface area contributed by atoms with E-state index in [4.69, 9.17) is 4.74 Å². The van der Waals surface area contributed by atoms with Crippen LogP contribution in [0.5, 0.6) is 5.75 Å². The number of H-pyrrole nitrogens is 1. The number of rotatable bonds is 3. The molecule has 0 unspecified atom stereocenters. The second kappa shape index (κ2) is 5.92. The summed E-state index contributed by atoms with van der Waals surface area (Å²) in [5, 5.41) is 0. The van der Waals surface area contributed by atoms with Crippen molar-refractivity contribution in [1.29, 1.82) is 0 Å². The molecule has 1 aromatic carbocycles. The molecule has 0 bridgehead atoms. The summed E-state index contributed by atoms with van der Waals surface area (Å²) in [6, 6.07) is 13.5. The van der Waals surface area contributed by atoms with Gasteiger partial charge in [0.25, 0.3) is 0 Å². The molecule has 0 atom stereocenters. The molecule has 4 rings (SSSR count). The highest BCUT2D eigenvalue weighted by Gasteiger charge is 2.19. The van der Waals surface area contributed by atoms with Crippen LogP contribution in [0.2, 0.25) is 0 Å². The number of aromatic amines is 1. The average molecular weight is 305 g/mol. The predicted molar refractivity (Wildman–Crippen MR) is 91.1 cm³/mol. The van der Waals surface area contributed by atoms with Crippen LogP contribution < -0.4 is 10.2 Å². The largest absolute Gasteiger partial charge is 0.489 e. The lowest BCUT2D eigenvalue weighted by Gasteiger charge is -2.20. The molecule has 23 heavy (non-hydrogen) atoms. The van der Waals surface area contributed by atoms with Gasteiger partial charge in [0.05, 0.1) is 5.69 Å². The number of hydrogen-bond donors (Lipinski definition) is 1. The molecule has 0 aromatic heterocycles. The van der Waals surface area contributed by atoms with Crippen molar-refractivity contribution in [2.24, 2.45) is 0 Å². The summed E-state index contributed by atoms with van der Waals surface area (Å²) in [4.78, 5) is 15.9. The summed E-state index contributed by atoms with van der Waals surface area (Å²) in [7, 11) is 0. The molecule has 3 heteroatoms. The van der Waals surface area contributed by atoms with Crippen molar-refractivity contribution in [2.45, 2.75) is 32.3 Å². The first kappa shape index (κ1) is 14.1. The summed E-state index contributed by atoms with van der Waals surface area (Å²) < 4.78 is 5.81. The van der Waals surface area contributed by atoms with Crippen molar-refractivity contribution >= 4 is 0 Å². The summed E-state index contributed by atoms with van der Waals surface area (Å²) >= 11 is 0. The zero-order valence-electron chi connectivity index (χ0n) is 13.0. The third-order valence-corrected chi connectivity index (χ3v) is 4.54. The first-order valence-corrected chi connectivity index (χ1v) is 8.15. The minimum atomic E-state index is 0.0561. The number of aromatic nitrogens is 1. The van der Waals surface area contributed by atoms with Crippen LogP contribution in [-0.2, 0) is 19.4 Å². The fourth-order valence-electron chi connectivity index (χ4n) is 3.38. The Kier molecular flexibility index (Phi) is 3.62. The van der Waals surface area contributed by atoms with Gasteiger partial charge >= 0.3 is 0 Å². The van der Waals surface area contributed by atoms with Gasteiger partial charge in [-0.3, -0.25) is 4.79 Å². The molecule has 1 aromatic rings. The van der Waals surface area contributed by atoms with Crippen molar-refractivity contribution in [3.63, 3.8) is 0 Å². The number of hydrogen-bond acceptors (Lipinski definition) is 2.